The highest BCUT2D eigenvalue weighted by molar-refractivity contribution is 5.39. The SMILES string of the molecule is C/C=C/C#CC#CC#C/C=C/C(CO)OC. The highest BCUT2D eigenvalue weighted by atomic mass is 16.5. The third-order valence-electron chi connectivity index (χ3n) is 1.46. The standard InChI is InChI=1S/C14H14O2/c1-3-4-5-6-7-8-9-10-11-12-14(13-15)16-2/h3-4,11-12,14-15H,13H2,1-2H3/b4-3+,12-11+. The summed E-state index contributed by atoms with van der Waals surface area (Å²) in [5, 5.41) is 8.77. The van der Waals surface area contributed by atoms with Gasteiger partial charge >= 0.3 is 0 Å². The van der Waals surface area contributed by atoms with Crippen molar-refractivity contribution in [3.63, 3.8) is 0 Å². The van der Waals surface area contributed by atoms with E-state index in [4.69, 9.17) is 9.84 Å². The van der Waals surface area contributed by atoms with Crippen LogP contribution in [0.1, 0.15) is 6.92 Å². The fourth-order valence-electron chi connectivity index (χ4n) is 0.671. The van der Waals surface area contributed by atoms with E-state index in [2.05, 4.69) is 35.5 Å². The van der Waals surface area contributed by atoms with E-state index in [0.717, 1.165) is 0 Å². The fourth-order valence-corrected chi connectivity index (χ4v) is 0.671. The number of ether oxygens (including phenoxy) is 1. The van der Waals surface area contributed by atoms with Gasteiger partial charge in [-0.3, -0.25) is 0 Å². The molecule has 0 aliphatic rings. The van der Waals surface area contributed by atoms with Crippen molar-refractivity contribution in [2.45, 2.75) is 13.0 Å². The van der Waals surface area contributed by atoms with Crippen molar-refractivity contribution in [1.82, 2.24) is 0 Å². The lowest BCUT2D eigenvalue weighted by molar-refractivity contribution is 0.0820. The quantitative estimate of drug-likeness (QED) is 0.714. The summed E-state index contributed by atoms with van der Waals surface area (Å²) in [5.74, 6) is 15.8. The lowest BCUT2D eigenvalue weighted by Crippen LogP contribution is -2.11. The molecule has 0 rings (SSSR count). The van der Waals surface area contributed by atoms with E-state index in [1.165, 1.54) is 7.11 Å². The molecule has 0 amide bonds. The van der Waals surface area contributed by atoms with Crippen molar-refractivity contribution in [1.29, 1.82) is 0 Å². The van der Waals surface area contributed by atoms with Crippen LogP contribution in [0.15, 0.2) is 24.3 Å². The first-order valence-electron chi connectivity index (χ1n) is 4.77. The van der Waals surface area contributed by atoms with Gasteiger partial charge < -0.3 is 9.84 Å². The average Bonchev–Trinajstić information content (AvgIpc) is 2.32. The minimum absolute atomic E-state index is 0.0603. The van der Waals surface area contributed by atoms with Crippen molar-refractivity contribution in [3.8, 4) is 35.5 Å². The second-order valence-corrected chi connectivity index (χ2v) is 2.60. The lowest BCUT2D eigenvalue weighted by Gasteiger charge is -2.03. The van der Waals surface area contributed by atoms with E-state index < -0.39 is 0 Å². The summed E-state index contributed by atoms with van der Waals surface area (Å²) < 4.78 is 4.90. The smallest absolute Gasteiger partial charge is 0.0991 e. The van der Waals surface area contributed by atoms with Crippen LogP contribution in [0.3, 0.4) is 0 Å². The van der Waals surface area contributed by atoms with Crippen LogP contribution < -0.4 is 0 Å². The predicted octanol–water partition coefficient (Wildman–Crippen LogP) is 1.14. The van der Waals surface area contributed by atoms with Gasteiger partial charge in [0, 0.05) is 7.11 Å². The van der Waals surface area contributed by atoms with Crippen LogP contribution in [0.2, 0.25) is 0 Å². The average molecular weight is 214 g/mol. The molecule has 0 spiro atoms. The summed E-state index contributed by atoms with van der Waals surface area (Å²) in [7, 11) is 1.52. The number of hydrogen-bond donors (Lipinski definition) is 1. The van der Waals surface area contributed by atoms with Crippen LogP contribution >= 0.6 is 0 Å². The minimum Gasteiger partial charge on any atom is -0.393 e. The van der Waals surface area contributed by atoms with Crippen molar-refractivity contribution in [3.05, 3.63) is 24.3 Å². The molecule has 0 saturated carbocycles. The number of rotatable bonds is 3. The molecule has 0 aliphatic carbocycles. The van der Waals surface area contributed by atoms with Crippen molar-refractivity contribution >= 4 is 0 Å². The van der Waals surface area contributed by atoms with E-state index in [9.17, 15) is 0 Å². The maximum atomic E-state index is 8.77. The summed E-state index contributed by atoms with van der Waals surface area (Å²) in [6.45, 7) is 1.83. The van der Waals surface area contributed by atoms with Gasteiger partial charge in [0.1, 0.15) is 0 Å². The molecule has 0 bridgehead atoms. The number of aliphatic hydroxyl groups is 1. The van der Waals surface area contributed by atoms with E-state index >= 15 is 0 Å². The zero-order chi connectivity index (χ0) is 12.1. The largest absolute Gasteiger partial charge is 0.393 e. The van der Waals surface area contributed by atoms with Crippen molar-refractivity contribution in [2.24, 2.45) is 0 Å². The first-order valence-corrected chi connectivity index (χ1v) is 4.77. The first kappa shape index (κ1) is 14.1. The molecule has 0 aromatic rings. The molecular formula is C14H14O2. The molecular weight excluding hydrogens is 200 g/mol. The van der Waals surface area contributed by atoms with Gasteiger partial charge in [0.05, 0.1) is 12.7 Å². The zero-order valence-electron chi connectivity index (χ0n) is 9.45. The predicted molar refractivity (Wildman–Crippen MR) is 65.2 cm³/mol. The van der Waals surface area contributed by atoms with Crippen LogP contribution in [0.25, 0.3) is 0 Å². The highest BCUT2D eigenvalue weighted by Crippen LogP contribution is 1.88. The Balaban J connectivity index is 4.09. The third kappa shape index (κ3) is 8.67. The van der Waals surface area contributed by atoms with Crippen molar-refractivity contribution in [2.75, 3.05) is 13.7 Å². The number of allylic oxidation sites excluding steroid dienone is 3. The maximum absolute atomic E-state index is 8.77. The second kappa shape index (κ2) is 11.2. The Morgan fingerprint density at radius 2 is 1.75 bits per heavy atom. The number of methoxy groups -OCH3 is 1. The molecule has 1 atom stereocenters. The van der Waals surface area contributed by atoms with Gasteiger partial charge in [-0.2, -0.15) is 0 Å². The molecule has 0 aromatic heterocycles. The molecule has 0 saturated heterocycles. The monoisotopic (exact) mass is 214 g/mol. The van der Waals surface area contributed by atoms with Gasteiger partial charge in [-0.05, 0) is 48.8 Å². The van der Waals surface area contributed by atoms with Gasteiger partial charge in [-0.1, -0.05) is 17.9 Å². The molecule has 16 heavy (non-hydrogen) atoms. The first-order chi connectivity index (χ1) is 7.85. The number of hydrogen-bond acceptors (Lipinski definition) is 2. The van der Waals surface area contributed by atoms with Gasteiger partial charge in [0.25, 0.3) is 0 Å². The van der Waals surface area contributed by atoms with Crippen LogP contribution in [-0.2, 0) is 4.74 Å². The molecule has 1 N–H and O–H groups in total. The molecule has 2 heteroatoms. The Labute approximate surface area is 97.0 Å². The molecule has 0 fully saturated rings. The van der Waals surface area contributed by atoms with Crippen LogP contribution in [-0.4, -0.2) is 24.9 Å². The molecule has 0 radical (unpaired) electrons. The molecule has 1 unspecified atom stereocenters. The Hall–Kier alpha value is -1.92. The Bertz CT molecular complexity index is 407. The molecule has 0 heterocycles. The minimum atomic E-state index is -0.309. The molecule has 82 valence electrons. The van der Waals surface area contributed by atoms with Crippen LogP contribution in [0.4, 0.5) is 0 Å². The van der Waals surface area contributed by atoms with Gasteiger partial charge in [-0.15, -0.1) is 0 Å². The lowest BCUT2D eigenvalue weighted by atomic mass is 10.3. The highest BCUT2D eigenvalue weighted by Gasteiger charge is 1.96. The normalized spacial score (nSPS) is 10.9. The van der Waals surface area contributed by atoms with E-state index in [-0.39, 0.29) is 12.7 Å². The molecule has 0 aliphatic heterocycles. The number of aliphatic hydroxyl groups excluding tert-OH is 1. The van der Waals surface area contributed by atoms with Gasteiger partial charge in [0.2, 0.25) is 0 Å². The van der Waals surface area contributed by atoms with Crippen LogP contribution in [0, 0.1) is 35.5 Å². The third-order valence-corrected chi connectivity index (χ3v) is 1.46. The van der Waals surface area contributed by atoms with E-state index in [1.807, 2.05) is 13.0 Å². The fraction of sp³-hybridized carbons (Fsp3) is 0.286. The van der Waals surface area contributed by atoms with Crippen LogP contribution in [0.5, 0.6) is 0 Å². The topological polar surface area (TPSA) is 29.5 Å². The van der Waals surface area contributed by atoms with Gasteiger partial charge in [-0.25, -0.2) is 0 Å². The Kier molecular flexibility index (Phi) is 9.82. The molecule has 0 aromatic carbocycles. The summed E-state index contributed by atoms with van der Waals surface area (Å²) in [6, 6.07) is 0. The maximum Gasteiger partial charge on any atom is 0.0991 e. The summed E-state index contributed by atoms with van der Waals surface area (Å²) in [6.07, 6.45) is 6.50. The summed E-state index contributed by atoms with van der Waals surface area (Å²) in [4.78, 5) is 0. The second-order valence-electron chi connectivity index (χ2n) is 2.60. The Morgan fingerprint density at radius 3 is 2.25 bits per heavy atom. The van der Waals surface area contributed by atoms with E-state index in [0.29, 0.717) is 0 Å². The summed E-state index contributed by atoms with van der Waals surface area (Å²) in [5.41, 5.74) is 0. The molecule has 2 nitrogen and oxygen atoms in total. The summed E-state index contributed by atoms with van der Waals surface area (Å²) >= 11 is 0. The van der Waals surface area contributed by atoms with Gasteiger partial charge in [0.15, 0.2) is 0 Å². The zero-order valence-corrected chi connectivity index (χ0v) is 9.45. The Morgan fingerprint density at radius 1 is 1.12 bits per heavy atom. The van der Waals surface area contributed by atoms with Crippen molar-refractivity contribution < 1.29 is 9.84 Å². The van der Waals surface area contributed by atoms with E-state index in [1.54, 1.807) is 18.2 Å².